The molecule has 0 aromatic rings. The lowest BCUT2D eigenvalue weighted by Crippen LogP contribution is -2.65. The summed E-state index contributed by atoms with van der Waals surface area (Å²) in [5.74, 6) is 0. The van der Waals surface area contributed by atoms with Crippen molar-refractivity contribution in [2.45, 2.75) is 70.0 Å². The number of hydrogen-bond acceptors (Lipinski definition) is 3. The molecule has 3 nitrogen and oxygen atoms in total. The van der Waals surface area contributed by atoms with Crippen LogP contribution in [-0.2, 0) is 0 Å². The fourth-order valence-electron chi connectivity index (χ4n) is 3.76. The zero-order valence-corrected chi connectivity index (χ0v) is 13.4. The topological polar surface area (TPSA) is 18.5 Å². The molecule has 1 unspecified atom stereocenters. The first kappa shape index (κ1) is 15.3. The standard InChI is InChI=1S/C16H33N3/c1-16(2)13-19(14-9-7-5-6-8-10-14)15(11-17-16)12-18(3)4/h14-15,17H,5-13H2,1-4H3. The van der Waals surface area contributed by atoms with Gasteiger partial charge in [0.1, 0.15) is 0 Å². The Morgan fingerprint density at radius 3 is 2.32 bits per heavy atom. The molecule has 0 amide bonds. The molecule has 1 saturated heterocycles. The second-order valence-corrected chi connectivity index (χ2v) is 7.50. The number of rotatable bonds is 3. The van der Waals surface area contributed by atoms with E-state index in [4.69, 9.17) is 0 Å². The second-order valence-electron chi connectivity index (χ2n) is 7.50. The van der Waals surface area contributed by atoms with Crippen molar-refractivity contribution in [2.24, 2.45) is 0 Å². The van der Waals surface area contributed by atoms with E-state index in [1.54, 1.807) is 0 Å². The summed E-state index contributed by atoms with van der Waals surface area (Å²) in [4.78, 5) is 5.18. The first-order valence-electron chi connectivity index (χ1n) is 8.13. The van der Waals surface area contributed by atoms with E-state index in [0.717, 1.165) is 12.6 Å². The molecule has 1 aliphatic heterocycles. The molecule has 2 fully saturated rings. The van der Waals surface area contributed by atoms with Crippen molar-refractivity contribution in [3.63, 3.8) is 0 Å². The third kappa shape index (κ3) is 4.44. The van der Waals surface area contributed by atoms with E-state index in [9.17, 15) is 0 Å². The summed E-state index contributed by atoms with van der Waals surface area (Å²) in [6.45, 7) is 8.22. The highest BCUT2D eigenvalue weighted by Crippen LogP contribution is 2.27. The van der Waals surface area contributed by atoms with Gasteiger partial charge in [0.15, 0.2) is 0 Å². The highest BCUT2D eigenvalue weighted by molar-refractivity contribution is 4.96. The highest BCUT2D eigenvalue weighted by Gasteiger charge is 2.36. The number of hydrogen-bond donors (Lipinski definition) is 1. The van der Waals surface area contributed by atoms with E-state index < -0.39 is 0 Å². The first-order chi connectivity index (χ1) is 8.98. The van der Waals surface area contributed by atoms with E-state index in [2.05, 4.69) is 43.1 Å². The zero-order valence-electron chi connectivity index (χ0n) is 13.4. The van der Waals surface area contributed by atoms with Gasteiger partial charge in [-0.2, -0.15) is 0 Å². The fraction of sp³-hybridized carbons (Fsp3) is 1.00. The minimum Gasteiger partial charge on any atom is -0.309 e. The number of piperazine rings is 1. The normalized spacial score (nSPS) is 30.5. The molecule has 0 spiro atoms. The Morgan fingerprint density at radius 2 is 1.74 bits per heavy atom. The van der Waals surface area contributed by atoms with Gasteiger partial charge in [0.25, 0.3) is 0 Å². The van der Waals surface area contributed by atoms with Crippen LogP contribution in [-0.4, -0.2) is 61.2 Å². The minimum absolute atomic E-state index is 0.273. The highest BCUT2D eigenvalue weighted by atomic mass is 15.3. The number of nitrogens with zero attached hydrogens (tertiary/aromatic N) is 2. The minimum atomic E-state index is 0.273. The van der Waals surface area contributed by atoms with Gasteiger partial charge in [-0.05, 0) is 40.8 Å². The van der Waals surface area contributed by atoms with Gasteiger partial charge in [-0.3, -0.25) is 4.90 Å². The molecule has 0 bridgehead atoms. The van der Waals surface area contributed by atoms with Crippen LogP contribution in [0.1, 0.15) is 52.4 Å². The van der Waals surface area contributed by atoms with Crippen LogP contribution in [0.2, 0.25) is 0 Å². The molecule has 1 heterocycles. The van der Waals surface area contributed by atoms with Crippen molar-refractivity contribution in [2.75, 3.05) is 33.7 Å². The molecule has 1 saturated carbocycles. The van der Waals surface area contributed by atoms with Crippen LogP contribution in [0.25, 0.3) is 0 Å². The number of nitrogens with one attached hydrogen (secondary N) is 1. The fourth-order valence-corrected chi connectivity index (χ4v) is 3.76. The summed E-state index contributed by atoms with van der Waals surface area (Å²) in [7, 11) is 4.40. The molecular formula is C16H33N3. The molecule has 1 N–H and O–H groups in total. The molecular weight excluding hydrogens is 234 g/mol. The summed E-state index contributed by atoms with van der Waals surface area (Å²) in [6, 6.07) is 1.51. The van der Waals surface area contributed by atoms with Crippen LogP contribution in [0.3, 0.4) is 0 Å². The molecule has 3 heteroatoms. The van der Waals surface area contributed by atoms with Crippen LogP contribution in [0.5, 0.6) is 0 Å². The molecule has 0 radical (unpaired) electrons. The maximum Gasteiger partial charge on any atom is 0.0351 e. The Bertz CT molecular complexity index is 265. The van der Waals surface area contributed by atoms with E-state index in [1.807, 2.05) is 0 Å². The summed E-state index contributed by atoms with van der Waals surface area (Å²) in [5, 5.41) is 3.73. The molecule has 112 valence electrons. The number of likely N-dealkylation sites (N-methyl/N-ethyl adjacent to an activating group) is 1. The molecule has 19 heavy (non-hydrogen) atoms. The van der Waals surface area contributed by atoms with Gasteiger partial charge in [-0.25, -0.2) is 0 Å². The predicted octanol–water partition coefficient (Wildman–Crippen LogP) is 2.32. The van der Waals surface area contributed by atoms with Crippen LogP contribution in [0, 0.1) is 0 Å². The summed E-state index contributed by atoms with van der Waals surface area (Å²) >= 11 is 0. The molecule has 1 aliphatic carbocycles. The molecule has 2 aliphatic rings. The molecule has 1 atom stereocenters. The van der Waals surface area contributed by atoms with Crippen LogP contribution in [0.15, 0.2) is 0 Å². The van der Waals surface area contributed by atoms with Gasteiger partial charge in [-0.15, -0.1) is 0 Å². The Balaban J connectivity index is 2.04. The lowest BCUT2D eigenvalue weighted by molar-refractivity contribution is 0.0353. The SMILES string of the molecule is CN(C)CC1CNC(C)(C)CN1C1CCCCCC1. The first-order valence-corrected chi connectivity index (χ1v) is 8.13. The van der Waals surface area contributed by atoms with Gasteiger partial charge in [0.2, 0.25) is 0 Å². The van der Waals surface area contributed by atoms with Gasteiger partial charge < -0.3 is 10.2 Å². The smallest absolute Gasteiger partial charge is 0.0351 e. The Morgan fingerprint density at radius 1 is 1.11 bits per heavy atom. The van der Waals surface area contributed by atoms with E-state index in [-0.39, 0.29) is 5.54 Å². The van der Waals surface area contributed by atoms with E-state index >= 15 is 0 Å². The average Bonchev–Trinajstić information content (AvgIpc) is 2.59. The van der Waals surface area contributed by atoms with Crippen molar-refractivity contribution in [1.29, 1.82) is 0 Å². The maximum absolute atomic E-state index is 3.73. The van der Waals surface area contributed by atoms with Gasteiger partial charge in [-0.1, -0.05) is 25.7 Å². The third-order valence-electron chi connectivity index (χ3n) is 4.73. The van der Waals surface area contributed by atoms with Crippen molar-refractivity contribution in [1.82, 2.24) is 15.1 Å². The van der Waals surface area contributed by atoms with Gasteiger partial charge >= 0.3 is 0 Å². The van der Waals surface area contributed by atoms with Crippen LogP contribution >= 0.6 is 0 Å². The van der Waals surface area contributed by atoms with Crippen LogP contribution in [0.4, 0.5) is 0 Å². The van der Waals surface area contributed by atoms with Crippen LogP contribution < -0.4 is 5.32 Å². The average molecular weight is 267 g/mol. The lowest BCUT2D eigenvalue weighted by atomic mass is 9.94. The van der Waals surface area contributed by atoms with Gasteiger partial charge in [0.05, 0.1) is 0 Å². The lowest BCUT2D eigenvalue weighted by Gasteiger charge is -2.49. The predicted molar refractivity (Wildman–Crippen MR) is 82.6 cm³/mol. The summed E-state index contributed by atoms with van der Waals surface area (Å²) in [6.07, 6.45) is 8.60. The summed E-state index contributed by atoms with van der Waals surface area (Å²) in [5.41, 5.74) is 0.273. The Hall–Kier alpha value is -0.120. The van der Waals surface area contributed by atoms with Crippen molar-refractivity contribution in [3.8, 4) is 0 Å². The second kappa shape index (κ2) is 6.55. The Labute approximate surface area is 119 Å². The van der Waals surface area contributed by atoms with Gasteiger partial charge in [0, 0.05) is 37.3 Å². The summed E-state index contributed by atoms with van der Waals surface area (Å²) < 4.78 is 0. The quantitative estimate of drug-likeness (QED) is 0.792. The monoisotopic (exact) mass is 267 g/mol. The van der Waals surface area contributed by atoms with Crippen molar-refractivity contribution in [3.05, 3.63) is 0 Å². The Kier molecular flexibility index (Phi) is 5.27. The van der Waals surface area contributed by atoms with E-state index in [0.29, 0.717) is 6.04 Å². The molecule has 2 rings (SSSR count). The maximum atomic E-state index is 3.73. The largest absolute Gasteiger partial charge is 0.309 e. The van der Waals surface area contributed by atoms with E-state index in [1.165, 1.54) is 51.6 Å². The molecule has 0 aromatic heterocycles. The third-order valence-corrected chi connectivity index (χ3v) is 4.73. The zero-order chi connectivity index (χ0) is 13.9. The van der Waals surface area contributed by atoms with Crippen molar-refractivity contribution < 1.29 is 0 Å². The van der Waals surface area contributed by atoms with Crippen molar-refractivity contribution >= 4 is 0 Å². The molecule has 0 aromatic carbocycles.